The molecule has 1 atom stereocenters. The smallest absolute Gasteiger partial charge is 0.340 e. The Kier molecular flexibility index (Phi) is 3.55. The number of ether oxygens (including phenoxy) is 1. The number of halogens is 1. The minimum atomic E-state index is -0.348. The van der Waals surface area contributed by atoms with Gasteiger partial charge in [0.1, 0.15) is 17.0 Å². The summed E-state index contributed by atoms with van der Waals surface area (Å²) in [6.07, 6.45) is 6.07. The molecule has 3 heterocycles. The lowest BCUT2D eigenvalue weighted by Gasteiger charge is -2.23. The van der Waals surface area contributed by atoms with Crippen molar-refractivity contribution in [3.63, 3.8) is 0 Å². The molecule has 0 bridgehead atoms. The highest BCUT2D eigenvalue weighted by molar-refractivity contribution is 6.68. The molecule has 0 amide bonds. The van der Waals surface area contributed by atoms with Crippen LogP contribution in [0.4, 0.5) is 0 Å². The van der Waals surface area contributed by atoms with Gasteiger partial charge in [0.05, 0.1) is 19.2 Å². The Morgan fingerprint density at radius 3 is 3.10 bits per heavy atom. The van der Waals surface area contributed by atoms with E-state index < -0.39 is 0 Å². The van der Waals surface area contributed by atoms with Gasteiger partial charge in [-0.2, -0.15) is 5.10 Å². The number of hydrogen-bond acceptors (Lipinski definition) is 5. The van der Waals surface area contributed by atoms with Crippen LogP contribution in [0.15, 0.2) is 28.4 Å². The molecule has 2 aliphatic heterocycles. The first-order chi connectivity index (χ1) is 10.2. The van der Waals surface area contributed by atoms with Crippen LogP contribution >= 0.6 is 11.6 Å². The number of hydrazone groups is 1. The number of aliphatic imine (C=N–C) groups is 1. The van der Waals surface area contributed by atoms with E-state index in [9.17, 15) is 4.79 Å². The molecule has 7 heteroatoms. The average Bonchev–Trinajstić information content (AvgIpc) is 3.08. The predicted molar refractivity (Wildman–Crippen MR) is 80.8 cm³/mol. The second-order valence-electron chi connectivity index (χ2n) is 4.76. The Hall–Kier alpha value is -2.08. The maximum atomic E-state index is 12.1. The van der Waals surface area contributed by atoms with Crippen molar-refractivity contribution in [3.05, 3.63) is 35.2 Å². The lowest BCUT2D eigenvalue weighted by atomic mass is 10.0. The molecule has 0 saturated carbocycles. The van der Waals surface area contributed by atoms with Gasteiger partial charge in [-0.3, -0.25) is 4.99 Å². The number of amidine groups is 1. The number of esters is 1. The molecular formula is C14H15ClN4O2. The Morgan fingerprint density at radius 1 is 1.57 bits per heavy atom. The Morgan fingerprint density at radius 2 is 2.38 bits per heavy atom. The van der Waals surface area contributed by atoms with E-state index >= 15 is 0 Å². The minimum Gasteiger partial charge on any atom is -0.465 e. The molecule has 2 aliphatic rings. The number of nitrogens with zero attached hydrogens (tertiary/aromatic N) is 3. The van der Waals surface area contributed by atoms with Crippen LogP contribution in [0.25, 0.3) is 0 Å². The number of aromatic amines is 1. The molecule has 0 aliphatic carbocycles. The van der Waals surface area contributed by atoms with Gasteiger partial charge in [-0.25, -0.2) is 9.80 Å². The fourth-order valence-electron chi connectivity index (χ4n) is 2.62. The van der Waals surface area contributed by atoms with Crippen LogP contribution in [0.5, 0.6) is 0 Å². The lowest BCUT2D eigenvalue weighted by molar-refractivity contribution is 0.0597. The van der Waals surface area contributed by atoms with Gasteiger partial charge in [-0.1, -0.05) is 18.5 Å². The number of allylic oxidation sites excluding steroid dienone is 1. The number of fused-ring (bicyclic) bond motifs is 1. The molecule has 1 aromatic heterocycles. The number of aryl methyl sites for hydroxylation is 1. The first kappa shape index (κ1) is 13.9. The van der Waals surface area contributed by atoms with Gasteiger partial charge >= 0.3 is 5.97 Å². The van der Waals surface area contributed by atoms with Gasteiger partial charge in [0, 0.05) is 17.5 Å². The summed E-state index contributed by atoms with van der Waals surface area (Å²) in [4.78, 5) is 19.7. The third-order valence-electron chi connectivity index (χ3n) is 3.62. The van der Waals surface area contributed by atoms with Crippen LogP contribution < -0.4 is 0 Å². The standard InChI is InChI=1S/C14H15ClN4O2/c1-3-9-13(14(20)21-2)8(6-16-9)10-7-17-12-5-4-11(15)18-19(10)12/h4-6,10,16H,3,7H2,1-2H3. The molecule has 0 fully saturated rings. The summed E-state index contributed by atoms with van der Waals surface area (Å²) in [6.45, 7) is 2.51. The van der Waals surface area contributed by atoms with E-state index in [0.717, 1.165) is 23.5 Å². The van der Waals surface area contributed by atoms with Crippen molar-refractivity contribution in [2.75, 3.05) is 13.7 Å². The zero-order chi connectivity index (χ0) is 15.0. The minimum absolute atomic E-state index is 0.149. The summed E-state index contributed by atoms with van der Waals surface area (Å²) in [5.41, 5.74) is 2.26. The van der Waals surface area contributed by atoms with Crippen molar-refractivity contribution < 1.29 is 9.53 Å². The second-order valence-corrected chi connectivity index (χ2v) is 5.15. The van der Waals surface area contributed by atoms with Crippen LogP contribution in [0.3, 0.4) is 0 Å². The van der Waals surface area contributed by atoms with Crippen LogP contribution in [0.1, 0.15) is 34.6 Å². The molecule has 0 spiro atoms. The number of nitrogens with one attached hydrogen (secondary N) is 1. The average molecular weight is 307 g/mol. The maximum absolute atomic E-state index is 12.1. The second kappa shape index (κ2) is 5.37. The van der Waals surface area contributed by atoms with E-state index in [4.69, 9.17) is 16.3 Å². The van der Waals surface area contributed by atoms with Crippen molar-refractivity contribution in [1.82, 2.24) is 9.99 Å². The summed E-state index contributed by atoms with van der Waals surface area (Å²) >= 11 is 5.97. The van der Waals surface area contributed by atoms with Crippen molar-refractivity contribution in [1.29, 1.82) is 0 Å². The van der Waals surface area contributed by atoms with E-state index in [2.05, 4.69) is 15.1 Å². The van der Waals surface area contributed by atoms with E-state index in [1.807, 2.05) is 19.2 Å². The molecule has 3 rings (SSSR count). The van der Waals surface area contributed by atoms with Gasteiger partial charge in [0.2, 0.25) is 0 Å². The molecule has 1 N–H and O–H groups in total. The molecular weight excluding hydrogens is 292 g/mol. The third-order valence-corrected chi connectivity index (χ3v) is 3.83. The van der Waals surface area contributed by atoms with E-state index in [0.29, 0.717) is 17.3 Å². The van der Waals surface area contributed by atoms with E-state index in [1.165, 1.54) is 7.11 Å². The fourth-order valence-corrected chi connectivity index (χ4v) is 2.76. The molecule has 1 unspecified atom stereocenters. The van der Waals surface area contributed by atoms with Gasteiger partial charge in [0.15, 0.2) is 0 Å². The van der Waals surface area contributed by atoms with E-state index in [-0.39, 0.29) is 12.0 Å². The largest absolute Gasteiger partial charge is 0.465 e. The molecule has 0 aromatic carbocycles. The zero-order valence-electron chi connectivity index (χ0n) is 11.8. The van der Waals surface area contributed by atoms with Crippen LogP contribution in [0, 0.1) is 0 Å². The fraction of sp³-hybridized carbons (Fsp3) is 0.357. The summed E-state index contributed by atoms with van der Waals surface area (Å²) in [7, 11) is 1.38. The highest BCUT2D eigenvalue weighted by Crippen LogP contribution is 2.33. The Balaban J connectivity index is 2.01. The quantitative estimate of drug-likeness (QED) is 0.871. The van der Waals surface area contributed by atoms with Crippen molar-refractivity contribution >= 4 is 28.6 Å². The predicted octanol–water partition coefficient (Wildman–Crippen LogP) is 2.24. The number of carbonyl (C=O) groups is 1. The molecule has 0 saturated heterocycles. The molecule has 1 aromatic rings. The van der Waals surface area contributed by atoms with Crippen molar-refractivity contribution in [3.8, 4) is 0 Å². The number of methoxy groups -OCH3 is 1. The molecule has 0 radical (unpaired) electrons. The first-order valence-corrected chi connectivity index (χ1v) is 7.07. The van der Waals surface area contributed by atoms with Crippen molar-refractivity contribution in [2.45, 2.75) is 19.4 Å². The van der Waals surface area contributed by atoms with Gasteiger partial charge < -0.3 is 9.72 Å². The number of rotatable bonds is 3. The lowest BCUT2D eigenvalue weighted by Crippen LogP contribution is -2.28. The van der Waals surface area contributed by atoms with Crippen LogP contribution in [-0.2, 0) is 11.2 Å². The van der Waals surface area contributed by atoms with Gasteiger partial charge in [0.25, 0.3) is 0 Å². The summed E-state index contributed by atoms with van der Waals surface area (Å²) in [5.74, 6) is 0.402. The maximum Gasteiger partial charge on any atom is 0.340 e. The van der Waals surface area contributed by atoms with Gasteiger partial charge in [-0.05, 0) is 18.6 Å². The summed E-state index contributed by atoms with van der Waals surface area (Å²) in [6, 6.07) is -0.149. The first-order valence-electron chi connectivity index (χ1n) is 6.70. The van der Waals surface area contributed by atoms with E-state index in [1.54, 1.807) is 11.1 Å². The SMILES string of the molecule is CCc1[nH]cc(C2CN=C3C=CC(Cl)=NN32)c1C(=O)OC. The number of hydrogen-bond donors (Lipinski definition) is 1. The summed E-state index contributed by atoms with van der Waals surface area (Å²) < 4.78 is 4.90. The number of H-pyrrole nitrogens is 1. The number of aromatic nitrogens is 1. The molecule has 21 heavy (non-hydrogen) atoms. The zero-order valence-corrected chi connectivity index (χ0v) is 12.5. The highest BCUT2D eigenvalue weighted by atomic mass is 35.5. The van der Waals surface area contributed by atoms with Gasteiger partial charge in [-0.15, -0.1) is 0 Å². The summed E-state index contributed by atoms with van der Waals surface area (Å²) in [5, 5.41) is 6.44. The highest BCUT2D eigenvalue weighted by Gasteiger charge is 2.34. The van der Waals surface area contributed by atoms with Crippen LogP contribution in [0.2, 0.25) is 0 Å². The van der Waals surface area contributed by atoms with Crippen molar-refractivity contribution in [2.24, 2.45) is 10.1 Å². The van der Waals surface area contributed by atoms with Crippen LogP contribution in [-0.4, -0.2) is 40.6 Å². The Bertz CT molecular complexity index is 675. The normalized spacial score (nSPS) is 20.1. The number of carbonyl (C=O) groups excluding carboxylic acids is 1. The third kappa shape index (κ3) is 2.25. The Labute approximate surface area is 127 Å². The molecule has 6 nitrogen and oxygen atoms in total. The molecule has 110 valence electrons. The monoisotopic (exact) mass is 306 g/mol. The topological polar surface area (TPSA) is 70.0 Å².